The Morgan fingerprint density at radius 3 is 2.65 bits per heavy atom. The topological polar surface area (TPSA) is 92.7 Å². The summed E-state index contributed by atoms with van der Waals surface area (Å²) in [6.07, 6.45) is 3.27. The number of aliphatic carboxylic acids is 1. The molecule has 6 nitrogen and oxygen atoms in total. The van der Waals surface area contributed by atoms with Gasteiger partial charge in [-0.1, -0.05) is 24.3 Å². The molecule has 0 radical (unpaired) electrons. The van der Waals surface area contributed by atoms with Crippen molar-refractivity contribution in [1.82, 2.24) is 4.72 Å². The number of carboxylic acids is 1. The van der Waals surface area contributed by atoms with Crippen molar-refractivity contribution in [3.63, 3.8) is 0 Å². The lowest BCUT2D eigenvalue weighted by Crippen LogP contribution is -2.33. The second-order valence-corrected chi connectivity index (χ2v) is 6.13. The van der Waals surface area contributed by atoms with E-state index in [1.54, 1.807) is 24.3 Å². The van der Waals surface area contributed by atoms with Gasteiger partial charge in [0.1, 0.15) is 10.6 Å². The van der Waals surface area contributed by atoms with Gasteiger partial charge in [0.15, 0.2) is 0 Å². The maximum Gasteiger partial charge on any atom is 0.310 e. The number of methoxy groups -OCH3 is 1. The zero-order chi connectivity index (χ0) is 14.8. The Hall–Kier alpha value is -1.86. The third-order valence-electron chi connectivity index (χ3n) is 3.07. The number of ether oxygens (including phenoxy) is 1. The van der Waals surface area contributed by atoms with E-state index in [0.29, 0.717) is 0 Å². The molecule has 0 saturated carbocycles. The highest BCUT2D eigenvalue weighted by molar-refractivity contribution is 7.89. The van der Waals surface area contributed by atoms with E-state index in [-0.39, 0.29) is 17.1 Å². The number of sulfonamides is 1. The molecule has 2 unspecified atom stereocenters. The van der Waals surface area contributed by atoms with Gasteiger partial charge in [0.05, 0.1) is 13.0 Å². The van der Waals surface area contributed by atoms with Gasteiger partial charge in [-0.3, -0.25) is 4.79 Å². The van der Waals surface area contributed by atoms with Crippen LogP contribution in [0, 0.1) is 5.92 Å². The smallest absolute Gasteiger partial charge is 0.310 e. The van der Waals surface area contributed by atoms with Crippen molar-refractivity contribution >= 4 is 16.0 Å². The Labute approximate surface area is 117 Å². The van der Waals surface area contributed by atoms with Gasteiger partial charge in [-0.25, -0.2) is 13.1 Å². The molecule has 2 rings (SSSR count). The lowest BCUT2D eigenvalue weighted by atomic mass is 10.1. The molecule has 7 heteroatoms. The standard InChI is InChI=1S/C13H15NO5S/c1-19-11-4-2-3-5-12(11)20(17,18)14-10-7-6-9(8-10)13(15)16/h2-7,9-10,14H,8H2,1H3,(H,15,16). The predicted molar refractivity (Wildman–Crippen MR) is 72.0 cm³/mol. The SMILES string of the molecule is COc1ccccc1S(=O)(=O)NC1C=CC(C(=O)O)C1. The number of rotatable bonds is 5. The van der Waals surface area contributed by atoms with Crippen molar-refractivity contribution in [2.24, 2.45) is 5.92 Å². The Morgan fingerprint density at radius 2 is 2.05 bits per heavy atom. The molecule has 1 aliphatic carbocycles. The van der Waals surface area contributed by atoms with Crippen molar-refractivity contribution in [1.29, 1.82) is 0 Å². The van der Waals surface area contributed by atoms with Gasteiger partial charge in [0, 0.05) is 6.04 Å². The van der Waals surface area contributed by atoms with Crippen LogP contribution >= 0.6 is 0 Å². The first kappa shape index (κ1) is 14.5. The molecule has 108 valence electrons. The van der Waals surface area contributed by atoms with Gasteiger partial charge in [-0.15, -0.1) is 0 Å². The van der Waals surface area contributed by atoms with Crippen molar-refractivity contribution in [2.75, 3.05) is 7.11 Å². The second-order valence-electron chi connectivity index (χ2n) is 4.44. The summed E-state index contributed by atoms with van der Waals surface area (Å²) < 4.78 is 32.0. The Balaban J connectivity index is 2.17. The fraction of sp³-hybridized carbons (Fsp3) is 0.308. The monoisotopic (exact) mass is 297 g/mol. The maximum absolute atomic E-state index is 12.3. The molecular weight excluding hydrogens is 282 g/mol. The minimum atomic E-state index is -3.75. The normalized spacial score (nSPS) is 21.9. The number of hydrogen-bond acceptors (Lipinski definition) is 4. The van der Waals surface area contributed by atoms with Gasteiger partial charge < -0.3 is 9.84 Å². The number of carbonyl (C=O) groups is 1. The predicted octanol–water partition coefficient (Wildman–Crippen LogP) is 1.00. The molecule has 1 aromatic rings. The van der Waals surface area contributed by atoms with Crippen LogP contribution in [0.3, 0.4) is 0 Å². The van der Waals surface area contributed by atoms with Gasteiger partial charge in [0.25, 0.3) is 0 Å². The number of carboxylic acid groups (broad SMARTS) is 1. The largest absolute Gasteiger partial charge is 0.495 e. The molecular formula is C13H15NO5S. The minimum absolute atomic E-state index is 0.0367. The van der Waals surface area contributed by atoms with E-state index in [1.165, 1.54) is 19.3 Å². The Bertz CT molecular complexity index is 638. The van der Waals surface area contributed by atoms with Crippen molar-refractivity contribution in [2.45, 2.75) is 17.4 Å². The molecule has 0 fully saturated rings. The van der Waals surface area contributed by atoms with E-state index in [9.17, 15) is 13.2 Å². The Morgan fingerprint density at radius 1 is 1.35 bits per heavy atom. The lowest BCUT2D eigenvalue weighted by molar-refractivity contribution is -0.140. The lowest BCUT2D eigenvalue weighted by Gasteiger charge is -2.14. The summed E-state index contributed by atoms with van der Waals surface area (Å²) in [5, 5.41) is 8.88. The summed E-state index contributed by atoms with van der Waals surface area (Å²) in [7, 11) is -2.36. The average molecular weight is 297 g/mol. The summed E-state index contributed by atoms with van der Waals surface area (Å²) in [5.41, 5.74) is 0. The second kappa shape index (κ2) is 5.64. The van der Waals surface area contributed by atoms with Crippen LogP contribution in [0.25, 0.3) is 0 Å². The maximum atomic E-state index is 12.3. The highest BCUT2D eigenvalue weighted by Crippen LogP contribution is 2.25. The van der Waals surface area contributed by atoms with Crippen molar-refractivity contribution in [3.05, 3.63) is 36.4 Å². The van der Waals surface area contributed by atoms with Crippen molar-refractivity contribution in [3.8, 4) is 5.75 Å². The molecule has 0 bridgehead atoms. The van der Waals surface area contributed by atoms with E-state index in [4.69, 9.17) is 9.84 Å². The van der Waals surface area contributed by atoms with Crippen LogP contribution in [-0.4, -0.2) is 32.6 Å². The molecule has 1 aliphatic rings. The molecule has 0 spiro atoms. The zero-order valence-corrected chi connectivity index (χ0v) is 11.6. The van der Waals surface area contributed by atoms with E-state index >= 15 is 0 Å². The summed E-state index contributed by atoms with van der Waals surface area (Å²) >= 11 is 0. The Kier molecular flexibility index (Phi) is 4.10. The molecule has 0 amide bonds. The van der Waals surface area contributed by atoms with Crippen LogP contribution in [0.1, 0.15) is 6.42 Å². The number of nitrogens with one attached hydrogen (secondary N) is 1. The van der Waals surface area contributed by atoms with E-state index < -0.39 is 28.0 Å². The summed E-state index contributed by atoms with van der Waals surface area (Å²) in [6.45, 7) is 0. The van der Waals surface area contributed by atoms with Gasteiger partial charge in [0.2, 0.25) is 10.0 Å². The third-order valence-corrected chi connectivity index (χ3v) is 4.60. The number of hydrogen-bond donors (Lipinski definition) is 2. The zero-order valence-electron chi connectivity index (χ0n) is 10.8. The van der Waals surface area contributed by atoms with Crippen LogP contribution < -0.4 is 9.46 Å². The van der Waals surface area contributed by atoms with Crippen molar-refractivity contribution < 1.29 is 23.1 Å². The quantitative estimate of drug-likeness (QED) is 0.791. The number of benzene rings is 1. The highest BCUT2D eigenvalue weighted by atomic mass is 32.2. The molecule has 0 aromatic heterocycles. The van der Waals surface area contributed by atoms with Crippen LogP contribution in [0.15, 0.2) is 41.3 Å². The minimum Gasteiger partial charge on any atom is -0.495 e. The first-order chi connectivity index (χ1) is 9.44. The summed E-state index contributed by atoms with van der Waals surface area (Å²) in [4.78, 5) is 10.9. The molecule has 0 heterocycles. The molecule has 2 atom stereocenters. The molecule has 2 N–H and O–H groups in total. The van der Waals surface area contributed by atoms with E-state index in [1.807, 2.05) is 0 Å². The van der Waals surface area contributed by atoms with E-state index in [0.717, 1.165) is 0 Å². The molecule has 0 aliphatic heterocycles. The first-order valence-corrected chi connectivity index (χ1v) is 7.49. The van der Waals surface area contributed by atoms with Gasteiger partial charge in [-0.05, 0) is 18.6 Å². The first-order valence-electron chi connectivity index (χ1n) is 6.00. The van der Waals surface area contributed by atoms with Crippen LogP contribution in [0.5, 0.6) is 5.75 Å². The van der Waals surface area contributed by atoms with Gasteiger partial charge in [-0.2, -0.15) is 0 Å². The fourth-order valence-corrected chi connectivity index (χ4v) is 3.45. The summed E-state index contributed by atoms with van der Waals surface area (Å²) in [5.74, 6) is -1.36. The third kappa shape index (κ3) is 3.00. The van der Waals surface area contributed by atoms with Crippen LogP contribution in [-0.2, 0) is 14.8 Å². The summed E-state index contributed by atoms with van der Waals surface area (Å²) in [6, 6.07) is 5.74. The van der Waals surface area contributed by atoms with Crippen LogP contribution in [0.2, 0.25) is 0 Å². The molecule has 0 saturated heterocycles. The van der Waals surface area contributed by atoms with Gasteiger partial charge >= 0.3 is 5.97 Å². The molecule has 20 heavy (non-hydrogen) atoms. The fourth-order valence-electron chi connectivity index (χ4n) is 2.07. The van der Waals surface area contributed by atoms with E-state index in [2.05, 4.69) is 4.72 Å². The average Bonchev–Trinajstić information content (AvgIpc) is 2.86. The highest BCUT2D eigenvalue weighted by Gasteiger charge is 2.29. The number of para-hydroxylation sites is 1. The molecule has 1 aromatic carbocycles. The van der Waals surface area contributed by atoms with Crippen LogP contribution in [0.4, 0.5) is 0 Å².